The van der Waals surface area contributed by atoms with Gasteiger partial charge in [0.1, 0.15) is 17.2 Å². The van der Waals surface area contributed by atoms with E-state index >= 15 is 0 Å². The Bertz CT molecular complexity index is 1300. The summed E-state index contributed by atoms with van der Waals surface area (Å²) in [7, 11) is 0. The number of para-hydroxylation sites is 1. The minimum atomic E-state index is -0.954. The van der Waals surface area contributed by atoms with E-state index in [4.69, 9.17) is 4.74 Å². The van der Waals surface area contributed by atoms with Crippen LogP contribution in [0.4, 0.5) is 14.6 Å². The van der Waals surface area contributed by atoms with E-state index in [2.05, 4.69) is 15.4 Å². The molecule has 2 aromatic heterocycles. The number of benzene rings is 2. The number of ether oxygens (including phenoxy) is 1. The number of carbonyl (C=O) groups excluding carboxylic acids is 2. The first kappa shape index (κ1) is 20.1. The van der Waals surface area contributed by atoms with E-state index in [1.54, 1.807) is 25.1 Å². The van der Waals surface area contributed by atoms with Crippen molar-refractivity contribution >= 4 is 28.6 Å². The Labute approximate surface area is 175 Å². The van der Waals surface area contributed by atoms with Crippen molar-refractivity contribution in [1.82, 2.24) is 14.8 Å². The molecule has 1 N–H and O–H groups in total. The summed E-state index contributed by atoms with van der Waals surface area (Å²) < 4.78 is 33.9. The van der Waals surface area contributed by atoms with Crippen molar-refractivity contribution in [1.29, 1.82) is 0 Å². The van der Waals surface area contributed by atoms with Crippen LogP contribution in [0, 0.1) is 11.6 Å². The maximum Gasteiger partial charge on any atom is 0.343 e. The van der Waals surface area contributed by atoms with Gasteiger partial charge < -0.3 is 10.1 Å². The van der Waals surface area contributed by atoms with E-state index in [0.29, 0.717) is 11.3 Å². The van der Waals surface area contributed by atoms with Crippen molar-refractivity contribution in [3.63, 3.8) is 0 Å². The molecule has 0 fully saturated rings. The van der Waals surface area contributed by atoms with Gasteiger partial charge in [0.05, 0.1) is 23.9 Å². The molecule has 0 aliphatic rings. The maximum atomic E-state index is 14.1. The molecule has 0 aliphatic heterocycles. The summed E-state index contributed by atoms with van der Waals surface area (Å²) in [6, 6.07) is 13.4. The minimum absolute atomic E-state index is 0.0537. The fourth-order valence-electron chi connectivity index (χ4n) is 3.02. The molecule has 0 unspecified atom stereocenters. The van der Waals surface area contributed by atoms with Gasteiger partial charge in [-0.25, -0.2) is 18.6 Å². The fraction of sp³-hybridized carbons (Fsp3) is 0.0909. The molecule has 4 rings (SSSR count). The van der Waals surface area contributed by atoms with Crippen LogP contribution in [0.5, 0.6) is 0 Å². The quantitative estimate of drug-likeness (QED) is 0.489. The van der Waals surface area contributed by atoms with E-state index in [1.807, 2.05) is 18.2 Å². The van der Waals surface area contributed by atoms with Crippen LogP contribution >= 0.6 is 0 Å². The monoisotopic (exact) mass is 422 g/mol. The summed E-state index contributed by atoms with van der Waals surface area (Å²) in [6.45, 7) is 1.73. The van der Waals surface area contributed by atoms with Gasteiger partial charge in [-0.3, -0.25) is 4.79 Å². The van der Waals surface area contributed by atoms with Crippen LogP contribution in [0.15, 0.2) is 60.8 Å². The number of nitrogens with zero attached hydrogens (tertiary/aromatic N) is 3. The summed E-state index contributed by atoms with van der Waals surface area (Å²) in [5, 5.41) is 7.48. The number of fused-ring (bicyclic) bond motifs is 1. The number of aromatic nitrogens is 3. The Balaban J connectivity index is 1.80. The van der Waals surface area contributed by atoms with E-state index in [-0.39, 0.29) is 18.0 Å². The molecule has 7 nitrogen and oxygen atoms in total. The molecular weight excluding hydrogens is 406 g/mol. The van der Waals surface area contributed by atoms with Gasteiger partial charge >= 0.3 is 5.97 Å². The molecule has 31 heavy (non-hydrogen) atoms. The lowest BCUT2D eigenvalue weighted by Crippen LogP contribution is -2.19. The first-order valence-electron chi connectivity index (χ1n) is 9.35. The second kappa shape index (κ2) is 8.31. The summed E-state index contributed by atoms with van der Waals surface area (Å²) in [6.07, 6.45) is 1.21. The van der Waals surface area contributed by atoms with Gasteiger partial charge in [-0.15, -0.1) is 0 Å². The third-order valence-corrected chi connectivity index (χ3v) is 4.47. The Hall–Kier alpha value is -4.14. The number of anilines is 1. The average Bonchev–Trinajstić information content (AvgIpc) is 3.18. The number of halogens is 2. The lowest BCUT2D eigenvalue weighted by atomic mass is 10.2. The van der Waals surface area contributed by atoms with Crippen molar-refractivity contribution in [2.24, 2.45) is 0 Å². The SMILES string of the molecule is CCOC(=O)c1cnn(-c2ccc3ccccc3n2)c1NC(=O)c1cc(F)ccc1F. The topological polar surface area (TPSA) is 86.1 Å². The highest BCUT2D eigenvalue weighted by Crippen LogP contribution is 2.23. The normalized spacial score (nSPS) is 10.8. The zero-order valence-electron chi connectivity index (χ0n) is 16.3. The lowest BCUT2D eigenvalue weighted by molar-refractivity contribution is 0.0527. The average molecular weight is 422 g/mol. The van der Waals surface area contributed by atoms with Gasteiger partial charge in [0.15, 0.2) is 11.6 Å². The number of amides is 1. The Morgan fingerprint density at radius 3 is 2.68 bits per heavy atom. The van der Waals surface area contributed by atoms with Crippen molar-refractivity contribution < 1.29 is 23.1 Å². The largest absolute Gasteiger partial charge is 0.462 e. The standard InChI is InChI=1S/C22H16F2N4O3/c1-2-31-22(30)16-12-25-28(19-10-7-13-5-3-4-6-18(13)26-19)20(16)27-21(29)15-11-14(23)8-9-17(15)24/h3-12H,2H2,1H3,(H,27,29). The van der Waals surface area contributed by atoms with Gasteiger partial charge in [-0.1, -0.05) is 18.2 Å². The zero-order chi connectivity index (χ0) is 22.0. The molecule has 0 saturated heterocycles. The van der Waals surface area contributed by atoms with Crippen LogP contribution in [-0.2, 0) is 4.74 Å². The van der Waals surface area contributed by atoms with E-state index in [0.717, 1.165) is 23.6 Å². The van der Waals surface area contributed by atoms with Gasteiger partial charge in [0.2, 0.25) is 0 Å². The molecule has 0 radical (unpaired) electrons. The van der Waals surface area contributed by atoms with Crippen molar-refractivity contribution in [2.75, 3.05) is 11.9 Å². The number of esters is 1. The number of pyridine rings is 1. The van der Waals surface area contributed by atoms with Crippen molar-refractivity contribution in [3.8, 4) is 5.82 Å². The smallest absolute Gasteiger partial charge is 0.343 e. The number of carbonyl (C=O) groups is 2. The number of rotatable bonds is 5. The predicted octanol–water partition coefficient (Wildman–Crippen LogP) is 4.13. The summed E-state index contributed by atoms with van der Waals surface area (Å²) in [5.41, 5.74) is 0.0950. The van der Waals surface area contributed by atoms with Gasteiger partial charge in [0, 0.05) is 5.39 Å². The van der Waals surface area contributed by atoms with Crippen LogP contribution in [0.25, 0.3) is 16.7 Å². The zero-order valence-corrected chi connectivity index (χ0v) is 16.3. The Kier molecular flexibility index (Phi) is 5.40. The van der Waals surface area contributed by atoms with Crippen molar-refractivity contribution in [3.05, 3.63) is 83.6 Å². The van der Waals surface area contributed by atoms with Crippen LogP contribution in [0.1, 0.15) is 27.6 Å². The maximum absolute atomic E-state index is 14.1. The molecular formula is C22H16F2N4O3. The molecule has 1 amide bonds. The van der Waals surface area contributed by atoms with E-state index < -0.39 is 29.1 Å². The first-order valence-corrected chi connectivity index (χ1v) is 9.35. The van der Waals surface area contributed by atoms with Crippen LogP contribution in [0.2, 0.25) is 0 Å². The summed E-state index contributed by atoms with van der Waals surface area (Å²) >= 11 is 0. The molecule has 0 saturated carbocycles. The van der Waals surface area contributed by atoms with Crippen LogP contribution in [-0.4, -0.2) is 33.2 Å². The molecule has 0 spiro atoms. The number of nitrogens with one attached hydrogen (secondary N) is 1. The summed E-state index contributed by atoms with van der Waals surface area (Å²) in [4.78, 5) is 29.6. The molecule has 2 heterocycles. The van der Waals surface area contributed by atoms with Gasteiger partial charge in [0.25, 0.3) is 5.91 Å². The third-order valence-electron chi connectivity index (χ3n) is 4.47. The van der Waals surface area contributed by atoms with E-state index in [1.165, 1.54) is 10.9 Å². The molecule has 9 heteroatoms. The third kappa shape index (κ3) is 3.97. The molecule has 156 valence electrons. The highest BCUT2D eigenvalue weighted by Gasteiger charge is 2.24. The molecule has 0 bridgehead atoms. The van der Waals surface area contributed by atoms with Gasteiger partial charge in [-0.05, 0) is 43.3 Å². The highest BCUT2D eigenvalue weighted by atomic mass is 19.1. The number of hydrogen-bond acceptors (Lipinski definition) is 5. The summed E-state index contributed by atoms with van der Waals surface area (Å²) in [5.74, 6) is -3.14. The van der Waals surface area contributed by atoms with Crippen LogP contribution < -0.4 is 5.32 Å². The highest BCUT2D eigenvalue weighted by molar-refractivity contribution is 6.07. The molecule has 0 atom stereocenters. The molecule has 2 aromatic carbocycles. The Morgan fingerprint density at radius 2 is 1.87 bits per heavy atom. The second-order valence-corrected chi connectivity index (χ2v) is 6.48. The van der Waals surface area contributed by atoms with Crippen molar-refractivity contribution in [2.45, 2.75) is 6.92 Å². The van der Waals surface area contributed by atoms with E-state index in [9.17, 15) is 18.4 Å². The van der Waals surface area contributed by atoms with Crippen LogP contribution in [0.3, 0.4) is 0 Å². The predicted molar refractivity (Wildman–Crippen MR) is 109 cm³/mol. The molecule has 4 aromatic rings. The fourth-order valence-corrected chi connectivity index (χ4v) is 3.02. The lowest BCUT2D eigenvalue weighted by Gasteiger charge is -2.11. The second-order valence-electron chi connectivity index (χ2n) is 6.48. The number of hydrogen-bond donors (Lipinski definition) is 1. The minimum Gasteiger partial charge on any atom is -0.462 e. The first-order chi connectivity index (χ1) is 15.0. The molecule has 0 aliphatic carbocycles. The Morgan fingerprint density at radius 1 is 1.06 bits per heavy atom. The van der Waals surface area contributed by atoms with Gasteiger partial charge in [-0.2, -0.15) is 9.78 Å².